The number of carbonyl (C=O) groups excluding carboxylic acids is 2. The molecule has 0 bridgehead atoms. The first-order chi connectivity index (χ1) is 10.6. The van der Waals surface area contributed by atoms with E-state index in [-0.39, 0.29) is 24.4 Å². The molecule has 114 valence electrons. The molecule has 0 saturated carbocycles. The minimum absolute atomic E-state index is 0.0125. The molecule has 4 heteroatoms. The molecular formula is C18H20N2O2. The van der Waals surface area contributed by atoms with Crippen molar-refractivity contribution >= 4 is 11.8 Å². The molecule has 0 heterocycles. The van der Waals surface area contributed by atoms with Gasteiger partial charge in [0.2, 0.25) is 5.91 Å². The maximum Gasteiger partial charge on any atom is 0.251 e. The Kier molecular flexibility index (Phi) is 5.31. The number of rotatable bonds is 5. The van der Waals surface area contributed by atoms with Gasteiger partial charge < -0.3 is 10.2 Å². The van der Waals surface area contributed by atoms with Gasteiger partial charge in [0, 0.05) is 12.6 Å². The van der Waals surface area contributed by atoms with Gasteiger partial charge in [-0.2, -0.15) is 0 Å². The summed E-state index contributed by atoms with van der Waals surface area (Å²) in [6, 6.07) is 18.6. The number of nitrogens with one attached hydrogen (secondary N) is 1. The molecule has 1 N–H and O–H groups in total. The number of hydrogen-bond donors (Lipinski definition) is 1. The molecule has 0 saturated heterocycles. The van der Waals surface area contributed by atoms with Crippen LogP contribution in [0, 0.1) is 0 Å². The summed E-state index contributed by atoms with van der Waals surface area (Å²) in [6.07, 6.45) is 0. The Balaban J connectivity index is 1.90. The second-order valence-corrected chi connectivity index (χ2v) is 5.14. The van der Waals surface area contributed by atoms with Gasteiger partial charge in [0.05, 0.1) is 12.6 Å². The van der Waals surface area contributed by atoms with Crippen molar-refractivity contribution in [1.29, 1.82) is 0 Å². The fourth-order valence-corrected chi connectivity index (χ4v) is 2.14. The van der Waals surface area contributed by atoms with Crippen LogP contribution in [0.15, 0.2) is 60.7 Å². The Hall–Kier alpha value is -2.62. The quantitative estimate of drug-likeness (QED) is 0.922. The molecule has 2 amide bonds. The van der Waals surface area contributed by atoms with Crippen LogP contribution < -0.4 is 5.32 Å². The molecule has 0 spiro atoms. The van der Waals surface area contributed by atoms with E-state index >= 15 is 0 Å². The molecule has 2 aromatic rings. The first-order valence-electron chi connectivity index (χ1n) is 7.23. The Morgan fingerprint density at radius 3 is 2.14 bits per heavy atom. The van der Waals surface area contributed by atoms with Crippen molar-refractivity contribution in [2.75, 3.05) is 13.6 Å². The van der Waals surface area contributed by atoms with Crippen LogP contribution >= 0.6 is 0 Å². The third kappa shape index (κ3) is 3.95. The average molecular weight is 296 g/mol. The third-order valence-corrected chi connectivity index (χ3v) is 3.69. The maximum atomic E-state index is 12.2. The minimum Gasteiger partial charge on any atom is -0.343 e. The first kappa shape index (κ1) is 15.8. The lowest BCUT2D eigenvalue weighted by Gasteiger charge is -2.25. The molecule has 0 aliphatic heterocycles. The van der Waals surface area contributed by atoms with E-state index in [1.165, 1.54) is 0 Å². The van der Waals surface area contributed by atoms with Gasteiger partial charge in [-0.1, -0.05) is 48.5 Å². The second kappa shape index (κ2) is 7.41. The summed E-state index contributed by atoms with van der Waals surface area (Å²) in [4.78, 5) is 25.8. The third-order valence-electron chi connectivity index (χ3n) is 3.69. The normalized spacial score (nSPS) is 11.5. The zero-order valence-corrected chi connectivity index (χ0v) is 12.8. The summed E-state index contributed by atoms with van der Waals surface area (Å²) < 4.78 is 0. The van der Waals surface area contributed by atoms with Crippen molar-refractivity contribution in [3.8, 4) is 0 Å². The molecule has 2 aromatic carbocycles. The number of carbonyl (C=O) groups is 2. The topological polar surface area (TPSA) is 49.4 Å². The number of benzene rings is 2. The van der Waals surface area contributed by atoms with Crippen molar-refractivity contribution < 1.29 is 9.59 Å². The lowest BCUT2D eigenvalue weighted by Crippen LogP contribution is -2.39. The summed E-state index contributed by atoms with van der Waals surface area (Å²) in [7, 11) is 1.74. The monoisotopic (exact) mass is 296 g/mol. The van der Waals surface area contributed by atoms with Crippen molar-refractivity contribution in [3.63, 3.8) is 0 Å². The van der Waals surface area contributed by atoms with E-state index in [9.17, 15) is 9.59 Å². The SMILES string of the molecule is C[C@@H](c1ccccc1)N(C)C(=O)CNC(=O)c1ccccc1. The van der Waals surface area contributed by atoms with E-state index in [4.69, 9.17) is 0 Å². The molecule has 0 radical (unpaired) electrons. The van der Waals surface area contributed by atoms with Gasteiger partial charge in [0.15, 0.2) is 0 Å². The van der Waals surface area contributed by atoms with Gasteiger partial charge in [0.25, 0.3) is 5.91 Å². The highest BCUT2D eigenvalue weighted by molar-refractivity contribution is 5.96. The Morgan fingerprint density at radius 1 is 1.00 bits per heavy atom. The van der Waals surface area contributed by atoms with Gasteiger partial charge in [0.1, 0.15) is 0 Å². The van der Waals surface area contributed by atoms with Crippen LogP contribution in [0.4, 0.5) is 0 Å². The standard InChI is InChI=1S/C18H20N2O2/c1-14(15-9-5-3-6-10-15)20(2)17(21)13-19-18(22)16-11-7-4-8-12-16/h3-12,14H,13H2,1-2H3,(H,19,22)/t14-/m0/s1. The van der Waals surface area contributed by atoms with Gasteiger partial charge in [-0.05, 0) is 24.6 Å². The lowest BCUT2D eigenvalue weighted by atomic mass is 10.1. The van der Waals surface area contributed by atoms with Crippen LogP contribution in [0.5, 0.6) is 0 Å². The molecule has 0 fully saturated rings. The van der Waals surface area contributed by atoms with Gasteiger partial charge in [-0.25, -0.2) is 0 Å². The smallest absolute Gasteiger partial charge is 0.251 e. The predicted octanol–water partition coefficient (Wildman–Crippen LogP) is 2.64. The van der Waals surface area contributed by atoms with Crippen LogP contribution in [0.1, 0.15) is 28.9 Å². The van der Waals surface area contributed by atoms with E-state index in [2.05, 4.69) is 5.32 Å². The molecule has 1 atom stereocenters. The summed E-state index contributed by atoms with van der Waals surface area (Å²) in [5, 5.41) is 2.66. The predicted molar refractivity (Wildman–Crippen MR) is 86.4 cm³/mol. The Bertz CT molecular complexity index is 626. The molecular weight excluding hydrogens is 276 g/mol. The van der Waals surface area contributed by atoms with E-state index in [0.29, 0.717) is 5.56 Å². The van der Waals surface area contributed by atoms with Gasteiger partial charge in [-0.3, -0.25) is 9.59 Å². The van der Waals surface area contributed by atoms with Crippen LogP contribution in [-0.2, 0) is 4.79 Å². The largest absolute Gasteiger partial charge is 0.343 e. The summed E-state index contributed by atoms with van der Waals surface area (Å²) in [6.45, 7) is 1.95. The van der Waals surface area contributed by atoms with Crippen molar-refractivity contribution in [3.05, 3.63) is 71.8 Å². The highest BCUT2D eigenvalue weighted by Gasteiger charge is 2.17. The van der Waals surface area contributed by atoms with Crippen LogP contribution in [0.2, 0.25) is 0 Å². The number of amides is 2. The molecule has 2 rings (SSSR count). The van der Waals surface area contributed by atoms with E-state index in [1.54, 1.807) is 36.2 Å². The molecule has 0 unspecified atom stereocenters. The van der Waals surface area contributed by atoms with Gasteiger partial charge >= 0.3 is 0 Å². The Labute approximate surface area is 130 Å². The summed E-state index contributed by atoms with van der Waals surface area (Å²) in [5.41, 5.74) is 1.61. The van der Waals surface area contributed by atoms with E-state index in [0.717, 1.165) is 5.56 Å². The van der Waals surface area contributed by atoms with Crippen LogP contribution in [-0.4, -0.2) is 30.3 Å². The molecule has 22 heavy (non-hydrogen) atoms. The number of likely N-dealkylation sites (N-methyl/N-ethyl adjacent to an activating group) is 1. The highest BCUT2D eigenvalue weighted by atomic mass is 16.2. The lowest BCUT2D eigenvalue weighted by molar-refractivity contribution is -0.130. The van der Waals surface area contributed by atoms with Gasteiger partial charge in [-0.15, -0.1) is 0 Å². The van der Waals surface area contributed by atoms with Crippen LogP contribution in [0.25, 0.3) is 0 Å². The molecule has 0 aliphatic rings. The zero-order valence-electron chi connectivity index (χ0n) is 12.8. The Morgan fingerprint density at radius 2 is 1.55 bits per heavy atom. The summed E-state index contributed by atoms with van der Waals surface area (Å²) in [5.74, 6) is -0.365. The highest BCUT2D eigenvalue weighted by Crippen LogP contribution is 2.17. The second-order valence-electron chi connectivity index (χ2n) is 5.14. The van der Waals surface area contributed by atoms with Crippen molar-refractivity contribution in [1.82, 2.24) is 10.2 Å². The molecule has 0 aliphatic carbocycles. The van der Waals surface area contributed by atoms with Crippen molar-refractivity contribution in [2.45, 2.75) is 13.0 Å². The fourth-order valence-electron chi connectivity index (χ4n) is 2.14. The minimum atomic E-state index is -0.241. The first-order valence-corrected chi connectivity index (χ1v) is 7.23. The average Bonchev–Trinajstić information content (AvgIpc) is 2.59. The fraction of sp³-hybridized carbons (Fsp3) is 0.222. The maximum absolute atomic E-state index is 12.2. The number of nitrogens with zero attached hydrogens (tertiary/aromatic N) is 1. The summed E-state index contributed by atoms with van der Waals surface area (Å²) >= 11 is 0. The van der Waals surface area contributed by atoms with Crippen molar-refractivity contribution in [2.24, 2.45) is 0 Å². The van der Waals surface area contributed by atoms with Crippen LogP contribution in [0.3, 0.4) is 0 Å². The van der Waals surface area contributed by atoms with E-state index in [1.807, 2.05) is 43.3 Å². The molecule has 0 aromatic heterocycles. The van der Waals surface area contributed by atoms with E-state index < -0.39 is 0 Å². The molecule has 4 nitrogen and oxygen atoms in total. The number of hydrogen-bond acceptors (Lipinski definition) is 2. The zero-order chi connectivity index (χ0) is 15.9.